The molecule has 9 nitrogen and oxygen atoms in total. The SMILES string of the molecule is C#CCCN1C(=O)C2C(c3ccccc3OC)NC(CC(=O)O)(C(=O)O)C2C1=O. The van der Waals surface area contributed by atoms with E-state index in [0.29, 0.717) is 11.3 Å². The molecule has 4 unspecified atom stereocenters. The normalized spacial score (nSPS) is 28.1. The molecule has 0 aromatic heterocycles. The number of carboxylic acid groups (broad SMARTS) is 2. The van der Waals surface area contributed by atoms with Crippen LogP contribution in [-0.2, 0) is 19.2 Å². The Labute approximate surface area is 166 Å². The summed E-state index contributed by atoms with van der Waals surface area (Å²) in [5.74, 6) is -3.95. The van der Waals surface area contributed by atoms with Crippen LogP contribution in [0.5, 0.6) is 5.75 Å². The number of imide groups is 1. The van der Waals surface area contributed by atoms with E-state index in [1.54, 1.807) is 24.3 Å². The zero-order chi connectivity index (χ0) is 21.3. The first-order valence-electron chi connectivity index (χ1n) is 8.93. The van der Waals surface area contributed by atoms with Crippen LogP contribution in [0.15, 0.2) is 24.3 Å². The molecule has 3 rings (SSSR count). The van der Waals surface area contributed by atoms with Crippen LogP contribution in [0.3, 0.4) is 0 Å². The van der Waals surface area contributed by atoms with E-state index in [9.17, 15) is 29.4 Å². The second-order valence-electron chi connectivity index (χ2n) is 7.00. The summed E-state index contributed by atoms with van der Waals surface area (Å²) in [4.78, 5) is 50.8. The third-order valence-corrected chi connectivity index (χ3v) is 5.51. The number of terminal acetylenes is 1. The Balaban J connectivity index is 2.16. The first-order valence-corrected chi connectivity index (χ1v) is 8.93. The van der Waals surface area contributed by atoms with Gasteiger partial charge in [-0.05, 0) is 6.07 Å². The van der Waals surface area contributed by atoms with Crippen molar-refractivity contribution in [1.29, 1.82) is 0 Å². The Morgan fingerprint density at radius 3 is 2.55 bits per heavy atom. The van der Waals surface area contributed by atoms with Gasteiger partial charge in [0.25, 0.3) is 0 Å². The number of ether oxygens (including phenoxy) is 1. The van der Waals surface area contributed by atoms with Gasteiger partial charge in [0, 0.05) is 24.6 Å². The lowest BCUT2D eigenvalue weighted by atomic mass is 9.77. The van der Waals surface area contributed by atoms with Gasteiger partial charge in [0.15, 0.2) is 0 Å². The van der Waals surface area contributed by atoms with Gasteiger partial charge < -0.3 is 14.9 Å². The van der Waals surface area contributed by atoms with E-state index in [2.05, 4.69) is 11.2 Å². The number of rotatable bonds is 7. The third-order valence-electron chi connectivity index (χ3n) is 5.51. The molecule has 3 N–H and O–H groups in total. The average molecular weight is 400 g/mol. The lowest BCUT2D eigenvalue weighted by molar-refractivity contribution is -0.155. The fraction of sp³-hybridized carbons (Fsp3) is 0.400. The number of carbonyl (C=O) groups is 4. The molecule has 2 amide bonds. The van der Waals surface area contributed by atoms with Gasteiger partial charge in [0.1, 0.15) is 11.3 Å². The van der Waals surface area contributed by atoms with E-state index in [1.807, 2.05) is 0 Å². The number of methoxy groups -OCH3 is 1. The molecule has 152 valence electrons. The van der Waals surface area contributed by atoms with E-state index in [-0.39, 0.29) is 13.0 Å². The van der Waals surface area contributed by atoms with Crippen molar-refractivity contribution in [2.75, 3.05) is 13.7 Å². The van der Waals surface area contributed by atoms with Gasteiger partial charge in [-0.2, -0.15) is 0 Å². The number of nitrogens with one attached hydrogen (secondary N) is 1. The lowest BCUT2D eigenvalue weighted by Crippen LogP contribution is -2.57. The van der Waals surface area contributed by atoms with E-state index in [0.717, 1.165) is 4.90 Å². The highest BCUT2D eigenvalue weighted by atomic mass is 16.5. The highest BCUT2D eigenvalue weighted by Crippen LogP contribution is 2.51. The Bertz CT molecular complexity index is 922. The summed E-state index contributed by atoms with van der Waals surface area (Å²) in [6, 6.07) is 5.76. The summed E-state index contributed by atoms with van der Waals surface area (Å²) in [6.45, 7) is -0.0530. The summed E-state index contributed by atoms with van der Waals surface area (Å²) in [7, 11) is 1.42. The van der Waals surface area contributed by atoms with Crippen molar-refractivity contribution in [2.24, 2.45) is 11.8 Å². The number of likely N-dealkylation sites (tertiary alicyclic amines) is 1. The molecule has 1 aromatic carbocycles. The zero-order valence-electron chi connectivity index (χ0n) is 15.6. The van der Waals surface area contributed by atoms with Crippen molar-refractivity contribution >= 4 is 23.8 Å². The molecule has 0 aliphatic carbocycles. The second kappa shape index (κ2) is 7.56. The standard InChI is InChI=1S/C20H20N2O7/c1-3-4-9-22-17(25)14-15(18(22)26)20(19(27)28,10-13(23)24)21-16(14)11-7-5-6-8-12(11)29-2/h1,5-8,14-16,21H,4,9-10H2,2H3,(H,23,24)(H,27,28). The second-order valence-corrected chi connectivity index (χ2v) is 7.00. The predicted octanol–water partition coefficient (Wildman–Crippen LogP) is 0.262. The van der Waals surface area contributed by atoms with Crippen LogP contribution in [0.1, 0.15) is 24.4 Å². The van der Waals surface area contributed by atoms with Gasteiger partial charge in [-0.25, -0.2) is 0 Å². The molecule has 2 aliphatic heterocycles. The van der Waals surface area contributed by atoms with Crippen LogP contribution in [0.4, 0.5) is 0 Å². The van der Waals surface area contributed by atoms with Crippen molar-refractivity contribution in [3.63, 3.8) is 0 Å². The van der Waals surface area contributed by atoms with Crippen LogP contribution in [0, 0.1) is 24.2 Å². The highest BCUT2D eigenvalue weighted by molar-refractivity contribution is 6.10. The minimum absolute atomic E-state index is 0.0530. The van der Waals surface area contributed by atoms with Crippen molar-refractivity contribution in [3.05, 3.63) is 29.8 Å². The molecule has 2 heterocycles. The van der Waals surface area contributed by atoms with Crippen molar-refractivity contribution in [2.45, 2.75) is 24.4 Å². The van der Waals surface area contributed by atoms with Crippen LogP contribution < -0.4 is 10.1 Å². The topological polar surface area (TPSA) is 133 Å². The molecule has 29 heavy (non-hydrogen) atoms. The minimum atomic E-state index is -2.14. The third kappa shape index (κ3) is 3.11. The molecule has 0 radical (unpaired) electrons. The summed E-state index contributed by atoms with van der Waals surface area (Å²) in [5, 5.41) is 22.1. The molecule has 2 fully saturated rings. The number of carbonyl (C=O) groups excluding carboxylic acids is 2. The van der Waals surface area contributed by atoms with Gasteiger partial charge in [0.2, 0.25) is 11.8 Å². The predicted molar refractivity (Wildman–Crippen MR) is 98.6 cm³/mol. The number of amides is 2. The molecule has 4 atom stereocenters. The van der Waals surface area contributed by atoms with Crippen molar-refractivity contribution in [3.8, 4) is 18.1 Å². The zero-order valence-corrected chi connectivity index (χ0v) is 15.6. The van der Waals surface area contributed by atoms with E-state index < -0.39 is 53.6 Å². The van der Waals surface area contributed by atoms with Crippen LogP contribution >= 0.6 is 0 Å². The average Bonchev–Trinajstić information content (AvgIpc) is 3.15. The molecule has 2 saturated heterocycles. The van der Waals surface area contributed by atoms with Gasteiger partial charge in [0.05, 0.1) is 25.4 Å². The molecule has 0 bridgehead atoms. The number of para-hydroxylation sites is 1. The number of fused-ring (bicyclic) bond motifs is 1. The van der Waals surface area contributed by atoms with Crippen molar-refractivity contribution < 1.29 is 34.1 Å². The largest absolute Gasteiger partial charge is 0.496 e. The Kier molecular flexibility index (Phi) is 5.31. The van der Waals surface area contributed by atoms with Gasteiger partial charge in [-0.15, -0.1) is 12.3 Å². The molecule has 0 spiro atoms. The van der Waals surface area contributed by atoms with Gasteiger partial charge >= 0.3 is 11.9 Å². The highest BCUT2D eigenvalue weighted by Gasteiger charge is 2.69. The summed E-state index contributed by atoms with van der Waals surface area (Å²) >= 11 is 0. The fourth-order valence-electron chi connectivity index (χ4n) is 4.32. The smallest absolute Gasteiger partial charge is 0.325 e. The number of nitrogens with zero attached hydrogens (tertiary/aromatic N) is 1. The fourth-order valence-corrected chi connectivity index (χ4v) is 4.32. The molecular weight excluding hydrogens is 380 g/mol. The monoisotopic (exact) mass is 400 g/mol. The minimum Gasteiger partial charge on any atom is -0.496 e. The molecular formula is C20H20N2O7. The van der Waals surface area contributed by atoms with E-state index in [4.69, 9.17) is 11.2 Å². The maximum atomic E-state index is 13.1. The molecule has 2 aliphatic rings. The molecule has 1 aromatic rings. The van der Waals surface area contributed by atoms with E-state index >= 15 is 0 Å². The molecule has 0 saturated carbocycles. The van der Waals surface area contributed by atoms with Gasteiger partial charge in [-0.1, -0.05) is 18.2 Å². The summed E-state index contributed by atoms with van der Waals surface area (Å²) < 4.78 is 5.33. The van der Waals surface area contributed by atoms with E-state index in [1.165, 1.54) is 7.11 Å². The number of aliphatic carboxylic acids is 2. The van der Waals surface area contributed by atoms with Crippen LogP contribution in [-0.4, -0.2) is 58.1 Å². The Hall–Kier alpha value is -3.38. The van der Waals surface area contributed by atoms with Crippen molar-refractivity contribution in [1.82, 2.24) is 10.2 Å². The van der Waals surface area contributed by atoms with Gasteiger partial charge in [-0.3, -0.25) is 29.4 Å². The maximum Gasteiger partial charge on any atom is 0.325 e. The maximum absolute atomic E-state index is 13.1. The summed E-state index contributed by atoms with van der Waals surface area (Å²) in [5.41, 5.74) is -1.67. The molecule has 9 heteroatoms. The lowest BCUT2D eigenvalue weighted by Gasteiger charge is -2.29. The van der Waals surface area contributed by atoms with Crippen LogP contribution in [0.2, 0.25) is 0 Å². The number of hydrogen-bond donors (Lipinski definition) is 3. The van der Waals surface area contributed by atoms with Crippen LogP contribution in [0.25, 0.3) is 0 Å². The first kappa shape index (κ1) is 20.4. The Morgan fingerprint density at radius 2 is 1.97 bits per heavy atom. The number of carboxylic acids is 2. The Morgan fingerprint density at radius 1 is 1.28 bits per heavy atom. The first-order chi connectivity index (χ1) is 13.8. The number of benzene rings is 1. The number of hydrogen-bond acceptors (Lipinski definition) is 6. The quantitative estimate of drug-likeness (QED) is 0.439. The summed E-state index contributed by atoms with van der Waals surface area (Å²) in [6.07, 6.45) is 4.49.